The number of nitrogens with one attached hydrogen (secondary N) is 1. The van der Waals surface area contributed by atoms with Crippen molar-refractivity contribution >= 4 is 27.1 Å². The highest BCUT2D eigenvalue weighted by Crippen LogP contribution is 2.24. The third kappa shape index (κ3) is 4.85. The lowest BCUT2D eigenvalue weighted by Crippen LogP contribution is -2.26. The van der Waals surface area contributed by atoms with E-state index in [9.17, 15) is 17.6 Å². The number of carbonyl (C=O) groups is 1. The SMILES string of the molecule is CC(=O)c1cccc(S(=O)(=O)NCCc2csc(-c3ccc(F)cc3)n2)c1. The number of hydrogen-bond donors (Lipinski definition) is 1. The number of aromatic nitrogens is 1. The average molecular weight is 404 g/mol. The van der Waals surface area contributed by atoms with Crippen LogP contribution in [0.15, 0.2) is 58.8 Å². The Hall–Kier alpha value is -2.42. The van der Waals surface area contributed by atoms with Gasteiger partial charge in [-0.1, -0.05) is 12.1 Å². The molecule has 3 rings (SSSR count). The van der Waals surface area contributed by atoms with Crippen molar-refractivity contribution in [2.75, 3.05) is 6.54 Å². The molecule has 0 radical (unpaired) electrons. The molecule has 1 aromatic heterocycles. The summed E-state index contributed by atoms with van der Waals surface area (Å²) < 4.78 is 40.3. The number of benzene rings is 2. The molecule has 3 aromatic rings. The first-order valence-corrected chi connectivity index (χ1v) is 10.5. The second-order valence-electron chi connectivity index (χ2n) is 5.88. The van der Waals surface area contributed by atoms with E-state index in [-0.39, 0.29) is 23.0 Å². The molecule has 0 saturated carbocycles. The second-order valence-corrected chi connectivity index (χ2v) is 8.51. The van der Waals surface area contributed by atoms with Gasteiger partial charge in [-0.3, -0.25) is 4.79 Å². The zero-order valence-corrected chi connectivity index (χ0v) is 16.1. The number of halogens is 1. The first-order chi connectivity index (χ1) is 12.8. The van der Waals surface area contributed by atoms with Gasteiger partial charge in [0.25, 0.3) is 0 Å². The molecule has 0 aliphatic carbocycles. The van der Waals surface area contributed by atoms with Crippen LogP contribution in [0.4, 0.5) is 4.39 Å². The van der Waals surface area contributed by atoms with Crippen molar-refractivity contribution < 1.29 is 17.6 Å². The fraction of sp³-hybridized carbons (Fsp3) is 0.158. The molecule has 0 aliphatic heterocycles. The Labute approximate surface area is 161 Å². The van der Waals surface area contributed by atoms with Crippen LogP contribution in [0.2, 0.25) is 0 Å². The molecule has 0 unspecified atom stereocenters. The first-order valence-electron chi connectivity index (χ1n) is 8.16. The number of sulfonamides is 1. The highest BCUT2D eigenvalue weighted by atomic mass is 32.2. The van der Waals surface area contributed by atoms with Gasteiger partial charge in [0.15, 0.2) is 5.78 Å². The van der Waals surface area contributed by atoms with Gasteiger partial charge >= 0.3 is 0 Å². The Morgan fingerprint density at radius 1 is 1.19 bits per heavy atom. The molecule has 5 nitrogen and oxygen atoms in total. The smallest absolute Gasteiger partial charge is 0.240 e. The number of rotatable bonds is 7. The van der Waals surface area contributed by atoms with Crippen LogP contribution in [0.5, 0.6) is 0 Å². The van der Waals surface area contributed by atoms with Crippen LogP contribution >= 0.6 is 11.3 Å². The lowest BCUT2D eigenvalue weighted by molar-refractivity contribution is 0.101. The van der Waals surface area contributed by atoms with E-state index in [1.807, 2.05) is 5.38 Å². The molecule has 2 aromatic carbocycles. The predicted molar refractivity (Wildman–Crippen MR) is 103 cm³/mol. The van der Waals surface area contributed by atoms with Gasteiger partial charge in [0.2, 0.25) is 10.0 Å². The maximum Gasteiger partial charge on any atom is 0.240 e. The largest absolute Gasteiger partial charge is 0.295 e. The Kier molecular flexibility index (Phi) is 5.79. The number of nitrogens with zero attached hydrogens (tertiary/aromatic N) is 1. The molecular weight excluding hydrogens is 387 g/mol. The summed E-state index contributed by atoms with van der Waals surface area (Å²) in [5.74, 6) is -0.498. The van der Waals surface area contributed by atoms with Crippen LogP contribution in [0.25, 0.3) is 10.6 Å². The fourth-order valence-electron chi connectivity index (χ4n) is 2.43. The third-order valence-corrected chi connectivity index (χ3v) is 6.27. The van der Waals surface area contributed by atoms with E-state index in [1.165, 1.54) is 42.5 Å². The minimum atomic E-state index is -3.70. The molecular formula is C19H17FN2O3S2. The second kappa shape index (κ2) is 8.08. The van der Waals surface area contributed by atoms with Gasteiger partial charge in [0, 0.05) is 29.5 Å². The van der Waals surface area contributed by atoms with Gasteiger partial charge in [-0.15, -0.1) is 11.3 Å². The van der Waals surface area contributed by atoms with Crippen LogP contribution in [-0.4, -0.2) is 25.7 Å². The lowest BCUT2D eigenvalue weighted by Gasteiger charge is -2.07. The highest BCUT2D eigenvalue weighted by Gasteiger charge is 2.15. The summed E-state index contributed by atoms with van der Waals surface area (Å²) in [4.78, 5) is 15.9. The molecule has 0 spiro atoms. The van der Waals surface area contributed by atoms with E-state index in [0.29, 0.717) is 12.0 Å². The van der Waals surface area contributed by atoms with Gasteiger partial charge in [-0.2, -0.15) is 0 Å². The minimum absolute atomic E-state index is 0.0560. The van der Waals surface area contributed by atoms with Gasteiger partial charge in [-0.25, -0.2) is 22.5 Å². The Balaban J connectivity index is 1.63. The van der Waals surface area contributed by atoms with Gasteiger partial charge < -0.3 is 0 Å². The maximum atomic E-state index is 13.0. The van der Waals surface area contributed by atoms with E-state index in [1.54, 1.807) is 24.3 Å². The normalized spacial score (nSPS) is 11.5. The molecule has 0 aliphatic rings. The summed E-state index contributed by atoms with van der Waals surface area (Å²) in [6.07, 6.45) is 0.420. The van der Waals surface area contributed by atoms with Gasteiger partial charge in [-0.05, 0) is 43.3 Å². The van der Waals surface area contributed by atoms with E-state index >= 15 is 0 Å². The Morgan fingerprint density at radius 2 is 1.93 bits per heavy atom. The molecule has 1 heterocycles. The molecule has 0 fully saturated rings. The number of carbonyl (C=O) groups excluding carboxylic acids is 1. The van der Waals surface area contributed by atoms with Crippen LogP contribution < -0.4 is 4.72 Å². The summed E-state index contributed by atoms with van der Waals surface area (Å²) >= 11 is 1.42. The quantitative estimate of drug-likeness (QED) is 0.610. The van der Waals surface area contributed by atoms with Crippen molar-refractivity contribution in [3.05, 3.63) is 71.0 Å². The average Bonchev–Trinajstić information content (AvgIpc) is 3.11. The van der Waals surface area contributed by atoms with Gasteiger partial charge in [0.1, 0.15) is 10.8 Å². The molecule has 0 amide bonds. The molecule has 8 heteroatoms. The number of thiazole rings is 1. The standard InChI is InChI=1S/C19H17FN2O3S2/c1-13(23)15-3-2-4-18(11-15)27(24,25)21-10-9-17-12-26-19(22-17)14-5-7-16(20)8-6-14/h2-8,11-12,21H,9-10H2,1H3. The van der Waals surface area contributed by atoms with Crippen molar-refractivity contribution in [3.63, 3.8) is 0 Å². The Bertz CT molecular complexity index is 1060. The zero-order valence-electron chi connectivity index (χ0n) is 14.5. The summed E-state index contributed by atoms with van der Waals surface area (Å²) in [7, 11) is -3.70. The zero-order chi connectivity index (χ0) is 19.4. The van der Waals surface area contributed by atoms with Crippen molar-refractivity contribution in [2.45, 2.75) is 18.2 Å². The fourth-order valence-corrected chi connectivity index (χ4v) is 4.36. The summed E-state index contributed by atoms with van der Waals surface area (Å²) in [6.45, 7) is 1.57. The van der Waals surface area contributed by atoms with Crippen LogP contribution in [0.1, 0.15) is 23.0 Å². The highest BCUT2D eigenvalue weighted by molar-refractivity contribution is 7.89. The molecule has 1 N–H and O–H groups in total. The van der Waals surface area contributed by atoms with Crippen molar-refractivity contribution in [1.29, 1.82) is 0 Å². The molecule has 0 bridgehead atoms. The summed E-state index contributed by atoms with van der Waals surface area (Å²) in [5.41, 5.74) is 1.91. The van der Waals surface area contributed by atoms with Crippen LogP contribution in [0, 0.1) is 5.82 Å². The minimum Gasteiger partial charge on any atom is -0.295 e. The third-order valence-electron chi connectivity index (χ3n) is 3.87. The predicted octanol–water partition coefficient (Wildman–Crippen LogP) is 3.67. The number of ketones is 1. The summed E-state index contributed by atoms with van der Waals surface area (Å²) in [5, 5.41) is 2.60. The Morgan fingerprint density at radius 3 is 2.63 bits per heavy atom. The van der Waals surface area contributed by atoms with E-state index < -0.39 is 10.0 Å². The topological polar surface area (TPSA) is 76.1 Å². The molecule has 140 valence electrons. The maximum absolute atomic E-state index is 13.0. The lowest BCUT2D eigenvalue weighted by atomic mass is 10.2. The number of hydrogen-bond acceptors (Lipinski definition) is 5. The van der Waals surface area contributed by atoms with Crippen molar-refractivity contribution in [2.24, 2.45) is 0 Å². The molecule has 0 saturated heterocycles. The van der Waals surface area contributed by atoms with Crippen LogP contribution in [0.3, 0.4) is 0 Å². The van der Waals surface area contributed by atoms with Crippen molar-refractivity contribution in [1.82, 2.24) is 9.71 Å². The van der Waals surface area contributed by atoms with E-state index in [4.69, 9.17) is 0 Å². The number of Topliss-reactive ketones (excluding diaryl/α,β-unsaturated/α-hetero) is 1. The van der Waals surface area contributed by atoms with Crippen LogP contribution in [-0.2, 0) is 16.4 Å². The monoisotopic (exact) mass is 404 g/mol. The first kappa shape index (κ1) is 19.3. The molecule has 27 heavy (non-hydrogen) atoms. The van der Waals surface area contributed by atoms with Gasteiger partial charge in [0.05, 0.1) is 10.6 Å². The van der Waals surface area contributed by atoms with E-state index in [0.717, 1.165) is 16.3 Å². The summed E-state index contributed by atoms with van der Waals surface area (Å²) in [6, 6.07) is 12.0. The molecule has 0 atom stereocenters. The van der Waals surface area contributed by atoms with Crippen molar-refractivity contribution in [3.8, 4) is 10.6 Å². The van der Waals surface area contributed by atoms with E-state index in [2.05, 4.69) is 9.71 Å².